The first-order chi connectivity index (χ1) is 18.5. The number of nitrogens with one attached hydrogen (secondary N) is 1. The van der Waals surface area contributed by atoms with Crippen molar-refractivity contribution in [3.63, 3.8) is 0 Å². The number of carbonyl (C=O) groups is 1. The van der Waals surface area contributed by atoms with Gasteiger partial charge in [0.1, 0.15) is 0 Å². The van der Waals surface area contributed by atoms with Gasteiger partial charge < -0.3 is 24.5 Å². The molecule has 0 radical (unpaired) electrons. The lowest BCUT2D eigenvalue weighted by Crippen LogP contribution is -2.45. The number of amides is 1. The Kier molecular flexibility index (Phi) is 7.43. The number of alkyl halides is 3. The zero-order valence-corrected chi connectivity index (χ0v) is 21.9. The third kappa shape index (κ3) is 5.67. The molecule has 1 fully saturated rings. The molecule has 8 nitrogen and oxygen atoms in total. The number of hydrogen-bond donors (Lipinski definition) is 2. The van der Waals surface area contributed by atoms with Gasteiger partial charge in [0.15, 0.2) is 16.3 Å². The van der Waals surface area contributed by atoms with E-state index in [2.05, 4.69) is 4.98 Å². The molecule has 2 aliphatic rings. The van der Waals surface area contributed by atoms with Gasteiger partial charge in [-0.15, -0.1) is 0 Å². The van der Waals surface area contributed by atoms with Gasteiger partial charge in [-0.1, -0.05) is 18.6 Å². The molecule has 1 saturated heterocycles. The van der Waals surface area contributed by atoms with E-state index >= 15 is 0 Å². The molecule has 1 aromatic heterocycles. The fraction of sp³-hybridized carbons (Fsp3) is 0.444. The van der Waals surface area contributed by atoms with Gasteiger partial charge >= 0.3 is 6.18 Å². The lowest BCUT2D eigenvalue weighted by molar-refractivity contribution is -0.137. The van der Waals surface area contributed by atoms with Crippen molar-refractivity contribution in [2.75, 3.05) is 19.9 Å². The molecule has 0 saturated carbocycles. The number of likely N-dealkylation sites (tertiary alicyclic amines) is 1. The molecule has 0 atom stereocenters. The van der Waals surface area contributed by atoms with E-state index in [9.17, 15) is 27.9 Å². The van der Waals surface area contributed by atoms with Crippen molar-refractivity contribution in [2.45, 2.75) is 56.8 Å². The van der Waals surface area contributed by atoms with Crippen LogP contribution in [-0.2, 0) is 23.1 Å². The molecule has 5 rings (SSSR count). The van der Waals surface area contributed by atoms with Gasteiger partial charge in [0.2, 0.25) is 12.7 Å². The molecule has 39 heavy (non-hydrogen) atoms. The third-order valence-electron chi connectivity index (χ3n) is 7.42. The lowest BCUT2D eigenvalue weighted by Gasteiger charge is -2.38. The highest BCUT2D eigenvalue weighted by Gasteiger charge is 2.37. The predicted molar refractivity (Wildman–Crippen MR) is 139 cm³/mol. The molecule has 1 amide bonds. The van der Waals surface area contributed by atoms with E-state index in [1.165, 1.54) is 16.7 Å². The second-order valence-corrected chi connectivity index (χ2v) is 10.3. The average Bonchev–Trinajstić information content (AvgIpc) is 3.36. The van der Waals surface area contributed by atoms with Gasteiger partial charge in [-0.2, -0.15) is 13.2 Å². The van der Waals surface area contributed by atoms with Crippen molar-refractivity contribution in [2.24, 2.45) is 0 Å². The summed E-state index contributed by atoms with van der Waals surface area (Å²) in [5, 5.41) is 11.4. The average molecular weight is 564 g/mol. The van der Waals surface area contributed by atoms with Gasteiger partial charge in [0, 0.05) is 32.1 Å². The van der Waals surface area contributed by atoms with Gasteiger partial charge in [0.25, 0.3) is 5.56 Å². The second-order valence-electron chi connectivity index (χ2n) is 9.94. The number of fused-ring (bicyclic) bond motifs is 2. The van der Waals surface area contributed by atoms with Crippen LogP contribution in [-0.4, -0.2) is 45.3 Å². The van der Waals surface area contributed by atoms with E-state index in [4.69, 9.17) is 21.7 Å². The number of carbonyl (C=O) groups excluding carboxylic acids is 1. The Balaban J connectivity index is 1.11. The molecule has 0 spiro atoms. The number of aromatic nitrogens is 2. The number of benzene rings is 2. The van der Waals surface area contributed by atoms with Crippen molar-refractivity contribution in [1.82, 2.24) is 14.5 Å². The summed E-state index contributed by atoms with van der Waals surface area (Å²) in [4.78, 5) is 30.4. The summed E-state index contributed by atoms with van der Waals surface area (Å²) in [6, 6.07) is 8.10. The number of piperidine rings is 1. The molecule has 3 heterocycles. The molecule has 0 bridgehead atoms. The Morgan fingerprint density at radius 2 is 1.79 bits per heavy atom. The minimum Gasteiger partial charge on any atom is -0.454 e. The zero-order valence-electron chi connectivity index (χ0n) is 21.1. The number of ether oxygens (including phenoxy) is 2. The topological polar surface area (TPSA) is 96.8 Å². The first kappa shape index (κ1) is 27.2. The maximum absolute atomic E-state index is 13.1. The van der Waals surface area contributed by atoms with E-state index in [-0.39, 0.29) is 49.8 Å². The quantitative estimate of drug-likeness (QED) is 0.314. The molecular formula is C27H28F3N3O5S. The summed E-state index contributed by atoms with van der Waals surface area (Å²) < 4.78 is 51.8. The number of unbranched alkanes of at least 4 members (excludes halogenated alkanes) is 2. The van der Waals surface area contributed by atoms with Crippen LogP contribution < -0.4 is 15.0 Å². The first-order valence-corrected chi connectivity index (χ1v) is 13.2. The van der Waals surface area contributed by atoms with E-state index < -0.39 is 17.3 Å². The minimum atomic E-state index is -4.49. The molecular weight excluding hydrogens is 535 g/mol. The molecule has 208 valence electrons. The van der Waals surface area contributed by atoms with Crippen LogP contribution in [0.25, 0.3) is 10.9 Å². The number of halogens is 3. The predicted octanol–water partition coefficient (Wildman–Crippen LogP) is 4.88. The number of nitrogens with zero attached hydrogens (tertiary/aromatic N) is 2. The summed E-state index contributed by atoms with van der Waals surface area (Å²) in [6.07, 6.45) is -1.87. The van der Waals surface area contributed by atoms with Crippen LogP contribution in [0.15, 0.2) is 41.2 Å². The van der Waals surface area contributed by atoms with Crippen molar-refractivity contribution < 1.29 is 32.5 Å². The summed E-state index contributed by atoms with van der Waals surface area (Å²) >= 11 is 5.38. The standard InChI is InChI=1S/C27H28F3N3O5S/c28-27(29,30)18-6-4-5-17(13-18)26(36)8-11-32(12-9-26)23(34)7-2-1-3-10-33-24(35)19-14-21-22(38-16-37-21)15-20(19)31-25(33)39/h4-6,13-15,36H,1-3,7-12,16H2,(H,31,39). The number of hydrogen-bond acceptors (Lipinski definition) is 6. The van der Waals surface area contributed by atoms with Crippen LogP contribution in [0.4, 0.5) is 13.2 Å². The fourth-order valence-corrected chi connectivity index (χ4v) is 5.41. The Morgan fingerprint density at radius 3 is 2.51 bits per heavy atom. The molecule has 12 heteroatoms. The Hall–Kier alpha value is -3.38. The van der Waals surface area contributed by atoms with E-state index in [1.807, 2.05) is 0 Å². The molecule has 2 aliphatic heterocycles. The monoisotopic (exact) mass is 563 g/mol. The number of aliphatic hydroxyl groups is 1. The van der Waals surface area contributed by atoms with Gasteiger partial charge in [-0.3, -0.25) is 14.2 Å². The normalized spacial score (nSPS) is 16.6. The lowest BCUT2D eigenvalue weighted by atomic mass is 9.83. The SMILES string of the molecule is O=C(CCCCCn1c(=S)[nH]c2cc3c(cc2c1=O)OCO3)N1CCC(O)(c2cccc(C(F)(F)F)c2)CC1. The highest BCUT2D eigenvalue weighted by molar-refractivity contribution is 7.71. The largest absolute Gasteiger partial charge is 0.454 e. The summed E-state index contributed by atoms with van der Waals surface area (Å²) in [5.74, 6) is 1.02. The smallest absolute Gasteiger partial charge is 0.416 e. The van der Waals surface area contributed by atoms with Crippen molar-refractivity contribution in [1.29, 1.82) is 0 Å². The van der Waals surface area contributed by atoms with Crippen molar-refractivity contribution in [3.05, 3.63) is 62.6 Å². The molecule has 2 N–H and O–H groups in total. The number of rotatable bonds is 7. The Bertz CT molecular complexity index is 1510. The van der Waals surface area contributed by atoms with Crippen LogP contribution in [0.2, 0.25) is 0 Å². The van der Waals surface area contributed by atoms with Crippen molar-refractivity contribution >= 4 is 29.0 Å². The van der Waals surface area contributed by atoms with Crippen LogP contribution in [0.5, 0.6) is 11.5 Å². The first-order valence-electron chi connectivity index (χ1n) is 12.8. The van der Waals surface area contributed by atoms with Gasteiger partial charge in [-0.25, -0.2) is 0 Å². The van der Waals surface area contributed by atoms with Crippen LogP contribution in [0, 0.1) is 4.77 Å². The van der Waals surface area contributed by atoms with Gasteiger partial charge in [-0.05, 0) is 61.7 Å². The summed E-state index contributed by atoms with van der Waals surface area (Å²) in [5.41, 5.74) is -1.62. The maximum Gasteiger partial charge on any atom is 0.416 e. The maximum atomic E-state index is 13.1. The molecule has 0 unspecified atom stereocenters. The summed E-state index contributed by atoms with van der Waals surface area (Å²) in [6.45, 7) is 1.05. The molecule has 3 aromatic rings. The second kappa shape index (κ2) is 10.6. The van der Waals surface area contributed by atoms with E-state index in [0.29, 0.717) is 59.4 Å². The number of H-pyrrole nitrogens is 1. The number of aromatic amines is 1. The molecule has 2 aromatic carbocycles. The van der Waals surface area contributed by atoms with Crippen LogP contribution >= 0.6 is 12.2 Å². The molecule has 0 aliphatic carbocycles. The van der Waals surface area contributed by atoms with Gasteiger partial charge in [0.05, 0.1) is 22.1 Å². The zero-order chi connectivity index (χ0) is 27.8. The third-order valence-corrected chi connectivity index (χ3v) is 7.74. The van der Waals surface area contributed by atoms with Crippen LogP contribution in [0.3, 0.4) is 0 Å². The minimum absolute atomic E-state index is 0.0580. The highest BCUT2D eigenvalue weighted by Crippen LogP contribution is 2.37. The Morgan fingerprint density at radius 1 is 1.08 bits per heavy atom. The Labute approximate surface area is 227 Å². The van der Waals surface area contributed by atoms with Crippen LogP contribution in [0.1, 0.15) is 49.7 Å². The summed E-state index contributed by atoms with van der Waals surface area (Å²) in [7, 11) is 0. The fourth-order valence-electron chi connectivity index (χ4n) is 5.13. The van der Waals surface area contributed by atoms with Crippen molar-refractivity contribution in [3.8, 4) is 11.5 Å². The van der Waals surface area contributed by atoms with E-state index in [0.717, 1.165) is 12.1 Å². The van der Waals surface area contributed by atoms with E-state index in [1.54, 1.807) is 17.0 Å². The highest BCUT2D eigenvalue weighted by atomic mass is 32.1.